The Kier molecular flexibility index (Phi) is 12.3. The van der Waals surface area contributed by atoms with E-state index in [-0.39, 0.29) is 51.3 Å². The van der Waals surface area contributed by atoms with Crippen molar-refractivity contribution in [2.45, 2.75) is 26.1 Å². The van der Waals surface area contributed by atoms with Crippen LogP contribution >= 0.6 is 0 Å². The second-order valence-corrected chi connectivity index (χ2v) is 9.46. The van der Waals surface area contributed by atoms with Crippen molar-refractivity contribution >= 4 is 41.4 Å². The van der Waals surface area contributed by atoms with E-state index in [9.17, 15) is 33.9 Å². The Morgan fingerprint density at radius 2 is 1.04 bits per heavy atom. The maximum absolute atomic E-state index is 13.7. The molecule has 0 aliphatic rings. The molecule has 0 spiro atoms. The van der Waals surface area contributed by atoms with Gasteiger partial charge in [-0.15, -0.1) is 0 Å². The Hall–Kier alpha value is -6.32. The molecule has 0 unspecified atom stereocenters. The number of carbonyl (C=O) groups excluding carboxylic acids is 5. The van der Waals surface area contributed by atoms with Crippen LogP contribution in [-0.4, -0.2) is 81.5 Å². The number of aliphatic carboxylic acids is 1. The van der Waals surface area contributed by atoms with E-state index in [1.165, 1.54) is 64.8 Å². The monoisotopic (exact) mass is 669 g/mol. The number of esters is 4. The molecule has 1 amide bonds. The highest BCUT2D eigenvalue weighted by atomic mass is 16.6. The molecule has 0 radical (unpaired) electrons. The van der Waals surface area contributed by atoms with Gasteiger partial charge in [0.2, 0.25) is 12.2 Å². The molecule has 0 saturated carbocycles. The first kappa shape index (κ1) is 36.2. The fourth-order valence-electron chi connectivity index (χ4n) is 4.04. The van der Waals surface area contributed by atoms with Crippen molar-refractivity contribution in [3.63, 3.8) is 0 Å². The molecule has 3 rings (SSSR count). The van der Waals surface area contributed by atoms with Crippen LogP contribution in [0.3, 0.4) is 0 Å². The topological polar surface area (TPSA) is 209 Å². The summed E-state index contributed by atoms with van der Waals surface area (Å²) >= 11 is 0. The average molecular weight is 670 g/mol. The highest BCUT2D eigenvalue weighted by molar-refractivity contribution is 6.02. The Bertz CT molecular complexity index is 1720. The van der Waals surface area contributed by atoms with Gasteiger partial charge < -0.3 is 48.3 Å². The van der Waals surface area contributed by atoms with E-state index in [2.05, 4.69) is 5.32 Å². The fraction of sp³-hybridized carbons (Fsp3) is 0.250. The summed E-state index contributed by atoms with van der Waals surface area (Å²) in [6.45, 7) is 2.30. The quantitative estimate of drug-likeness (QED) is 0.187. The molecule has 254 valence electrons. The summed E-state index contributed by atoms with van der Waals surface area (Å²) in [5.74, 6) is -6.73. The van der Waals surface area contributed by atoms with Gasteiger partial charge in [-0.1, -0.05) is 0 Å². The number of ether oxygens (including phenoxy) is 8. The van der Waals surface area contributed by atoms with Crippen LogP contribution in [0.1, 0.15) is 34.6 Å². The third kappa shape index (κ3) is 9.12. The minimum Gasteiger partial charge on any atom is -0.497 e. The van der Waals surface area contributed by atoms with Crippen molar-refractivity contribution in [3.8, 4) is 34.5 Å². The molecule has 2 atom stereocenters. The highest BCUT2D eigenvalue weighted by Crippen LogP contribution is 2.32. The number of benzene rings is 3. The van der Waals surface area contributed by atoms with Gasteiger partial charge in [0.15, 0.2) is 23.0 Å². The number of carbonyl (C=O) groups is 6. The maximum Gasteiger partial charge on any atom is 0.349 e. The van der Waals surface area contributed by atoms with Gasteiger partial charge >= 0.3 is 29.8 Å². The minimum atomic E-state index is -2.42. The molecular formula is C32H31NO15. The second kappa shape index (κ2) is 16.3. The molecule has 0 aliphatic heterocycles. The Balaban J connectivity index is 2.03. The predicted molar refractivity (Wildman–Crippen MR) is 163 cm³/mol. The van der Waals surface area contributed by atoms with Crippen LogP contribution in [0.15, 0.2) is 54.6 Å². The van der Waals surface area contributed by atoms with E-state index in [1.807, 2.05) is 0 Å². The van der Waals surface area contributed by atoms with Crippen molar-refractivity contribution in [2.24, 2.45) is 0 Å². The Morgan fingerprint density at radius 3 is 1.46 bits per heavy atom. The van der Waals surface area contributed by atoms with Crippen LogP contribution in [0.25, 0.3) is 0 Å². The normalized spacial score (nSPS) is 11.5. The number of amides is 1. The number of hydrogen-bond donors (Lipinski definition) is 2. The standard InChI is InChI=1S/C32H31NO15/c1-16(34)45-23-10-7-18(13-25(23)43-5)31(39)47-27(29(36)33-21-15-20(41-3)9-12-22(21)42-4)28(30(37)38)48-32(40)19-8-11-24(46-17(2)35)26(14-19)44-6/h7-15,27-28H,1-6H3,(H,33,36)(H,37,38)/t27-,28+/m0/s1. The van der Waals surface area contributed by atoms with Crippen molar-refractivity contribution in [3.05, 3.63) is 65.7 Å². The molecule has 0 fully saturated rings. The van der Waals surface area contributed by atoms with E-state index >= 15 is 0 Å². The van der Waals surface area contributed by atoms with Crippen LogP contribution in [0, 0.1) is 0 Å². The number of anilines is 1. The molecule has 3 aromatic rings. The lowest BCUT2D eigenvalue weighted by molar-refractivity contribution is -0.157. The molecule has 0 saturated heterocycles. The number of nitrogens with one attached hydrogen (secondary N) is 1. The zero-order chi connectivity index (χ0) is 35.5. The molecule has 0 bridgehead atoms. The third-order valence-corrected chi connectivity index (χ3v) is 6.22. The molecular weight excluding hydrogens is 638 g/mol. The van der Waals surface area contributed by atoms with Gasteiger partial charge in [-0.2, -0.15) is 0 Å². The first-order valence-corrected chi connectivity index (χ1v) is 13.7. The van der Waals surface area contributed by atoms with E-state index in [0.29, 0.717) is 0 Å². The molecule has 16 nitrogen and oxygen atoms in total. The SMILES string of the molecule is COc1ccc(OC)c(NC(=O)[C@@H](OC(=O)c2ccc(OC(C)=O)c(OC)c2)[C@@H](OC(=O)c2ccc(OC(C)=O)c(OC)c2)C(=O)O)c1. The predicted octanol–water partition coefficient (Wildman–Crippen LogP) is 3.05. The molecule has 0 aromatic heterocycles. The lowest BCUT2D eigenvalue weighted by atomic mass is 10.1. The highest BCUT2D eigenvalue weighted by Gasteiger charge is 2.41. The van der Waals surface area contributed by atoms with Gasteiger partial charge in [0, 0.05) is 19.9 Å². The lowest BCUT2D eigenvalue weighted by Gasteiger charge is -2.24. The van der Waals surface area contributed by atoms with Crippen molar-refractivity contribution in [2.75, 3.05) is 33.8 Å². The average Bonchev–Trinajstić information content (AvgIpc) is 3.05. The molecule has 48 heavy (non-hydrogen) atoms. The van der Waals surface area contributed by atoms with Gasteiger partial charge in [0.1, 0.15) is 11.5 Å². The molecule has 0 aliphatic carbocycles. The second-order valence-electron chi connectivity index (χ2n) is 9.46. The lowest BCUT2D eigenvalue weighted by Crippen LogP contribution is -2.48. The summed E-state index contributed by atoms with van der Waals surface area (Å²) in [4.78, 5) is 75.5. The number of methoxy groups -OCH3 is 4. The number of rotatable bonds is 14. The summed E-state index contributed by atoms with van der Waals surface area (Å²) in [6, 6.07) is 11.3. The van der Waals surface area contributed by atoms with E-state index < -0.39 is 48.0 Å². The van der Waals surface area contributed by atoms with Crippen LogP contribution in [-0.2, 0) is 28.7 Å². The third-order valence-electron chi connectivity index (χ3n) is 6.22. The summed E-state index contributed by atoms with van der Waals surface area (Å²) in [5.41, 5.74) is -0.517. The van der Waals surface area contributed by atoms with Crippen LogP contribution in [0.4, 0.5) is 5.69 Å². The summed E-state index contributed by atoms with van der Waals surface area (Å²) in [5, 5.41) is 12.5. The van der Waals surface area contributed by atoms with Crippen molar-refractivity contribution < 1.29 is 71.8 Å². The van der Waals surface area contributed by atoms with E-state index in [0.717, 1.165) is 32.0 Å². The Labute approximate surface area is 273 Å². The molecule has 16 heteroatoms. The summed E-state index contributed by atoms with van der Waals surface area (Å²) in [7, 11) is 5.15. The maximum atomic E-state index is 13.7. The fourth-order valence-corrected chi connectivity index (χ4v) is 4.04. The summed E-state index contributed by atoms with van der Waals surface area (Å²) < 4.78 is 41.3. The molecule has 3 aromatic carbocycles. The van der Waals surface area contributed by atoms with Gasteiger partial charge in [-0.05, 0) is 48.5 Å². The van der Waals surface area contributed by atoms with Crippen LogP contribution in [0.5, 0.6) is 34.5 Å². The first-order valence-electron chi connectivity index (χ1n) is 13.7. The van der Waals surface area contributed by atoms with Gasteiger partial charge in [-0.25, -0.2) is 14.4 Å². The van der Waals surface area contributed by atoms with E-state index in [4.69, 9.17) is 37.9 Å². The number of carboxylic acids is 1. The zero-order valence-electron chi connectivity index (χ0n) is 26.5. The van der Waals surface area contributed by atoms with Crippen molar-refractivity contribution in [1.82, 2.24) is 0 Å². The Morgan fingerprint density at radius 1 is 0.583 bits per heavy atom. The molecule has 2 N–H and O–H groups in total. The molecule has 0 heterocycles. The largest absolute Gasteiger partial charge is 0.497 e. The van der Waals surface area contributed by atoms with Gasteiger partial charge in [0.25, 0.3) is 5.91 Å². The van der Waals surface area contributed by atoms with Crippen LogP contribution < -0.4 is 33.7 Å². The number of hydrogen-bond acceptors (Lipinski definition) is 14. The van der Waals surface area contributed by atoms with Gasteiger partial charge in [0.05, 0.1) is 45.3 Å². The smallest absolute Gasteiger partial charge is 0.349 e. The van der Waals surface area contributed by atoms with E-state index in [1.54, 1.807) is 0 Å². The van der Waals surface area contributed by atoms with Crippen LogP contribution in [0.2, 0.25) is 0 Å². The zero-order valence-corrected chi connectivity index (χ0v) is 26.5. The van der Waals surface area contributed by atoms with Crippen molar-refractivity contribution in [1.29, 1.82) is 0 Å². The van der Waals surface area contributed by atoms with Gasteiger partial charge in [-0.3, -0.25) is 14.4 Å². The number of carboxylic acid groups (broad SMARTS) is 1. The minimum absolute atomic E-state index is 0.00318. The first-order chi connectivity index (χ1) is 22.8. The summed E-state index contributed by atoms with van der Waals surface area (Å²) in [6.07, 6.45) is -4.73.